The molecule has 3 aromatic rings. The van der Waals surface area contributed by atoms with Gasteiger partial charge in [-0.3, -0.25) is 0 Å². The van der Waals surface area contributed by atoms with E-state index in [2.05, 4.69) is 52.9 Å². The lowest BCUT2D eigenvalue weighted by Gasteiger charge is -2.08. The number of H-pyrrole nitrogens is 1. The van der Waals surface area contributed by atoms with Crippen molar-refractivity contribution in [2.24, 2.45) is 0 Å². The number of phenols is 1. The smallest absolute Gasteiger partial charge is 0.178 e. The Balaban J connectivity index is 2.06. The van der Waals surface area contributed by atoms with E-state index in [1.165, 1.54) is 0 Å². The van der Waals surface area contributed by atoms with Crippen molar-refractivity contribution in [1.29, 1.82) is 5.26 Å². The van der Waals surface area contributed by atoms with Crippen molar-refractivity contribution in [2.45, 2.75) is 6.92 Å². The highest BCUT2D eigenvalue weighted by Gasteiger charge is 2.12. The van der Waals surface area contributed by atoms with Crippen LogP contribution in [0, 0.1) is 11.3 Å². The van der Waals surface area contributed by atoms with Gasteiger partial charge in [-0.2, -0.15) is 5.26 Å². The van der Waals surface area contributed by atoms with Crippen LogP contribution in [0.5, 0.6) is 11.5 Å². The second-order valence-corrected chi connectivity index (χ2v) is 6.83. The summed E-state index contributed by atoms with van der Waals surface area (Å²) in [6, 6.07) is 7.35. The van der Waals surface area contributed by atoms with Crippen molar-refractivity contribution in [3.05, 3.63) is 44.7 Å². The minimum Gasteiger partial charge on any atom is -0.503 e. The minimum absolute atomic E-state index is 0.0234. The molecule has 0 fully saturated rings. The highest BCUT2D eigenvalue weighted by atomic mass is 79.9. The molecule has 25 heavy (non-hydrogen) atoms. The molecule has 0 radical (unpaired) electrons. The molecule has 0 unspecified atom stereocenters. The van der Waals surface area contributed by atoms with Gasteiger partial charge in [-0.05, 0) is 68.6 Å². The summed E-state index contributed by atoms with van der Waals surface area (Å²) in [7, 11) is 0. The number of fused-ring (bicyclic) bond motifs is 1. The number of nitriles is 1. The van der Waals surface area contributed by atoms with Gasteiger partial charge in [-0.15, -0.1) is 0 Å². The molecule has 0 saturated heterocycles. The topological polar surface area (TPSA) is 94.8 Å². The van der Waals surface area contributed by atoms with E-state index < -0.39 is 0 Å². The first-order valence-corrected chi connectivity index (χ1v) is 8.89. The maximum absolute atomic E-state index is 9.99. The van der Waals surface area contributed by atoms with Gasteiger partial charge < -0.3 is 14.8 Å². The van der Waals surface area contributed by atoms with E-state index in [0.717, 1.165) is 9.99 Å². The lowest BCUT2D eigenvalue weighted by Crippen LogP contribution is -1.93. The number of aromatic nitrogens is 3. The molecule has 2 heterocycles. The largest absolute Gasteiger partial charge is 0.503 e. The molecule has 0 saturated carbocycles. The Hall–Kier alpha value is -2.37. The van der Waals surface area contributed by atoms with Gasteiger partial charge in [0.05, 0.1) is 22.2 Å². The highest BCUT2D eigenvalue weighted by Crippen LogP contribution is 2.36. The molecule has 2 N–H and O–H groups in total. The molecule has 8 heteroatoms. The van der Waals surface area contributed by atoms with Crippen LogP contribution in [0.2, 0.25) is 0 Å². The van der Waals surface area contributed by atoms with E-state index in [4.69, 9.17) is 4.74 Å². The van der Waals surface area contributed by atoms with Crippen molar-refractivity contribution in [3.63, 3.8) is 0 Å². The normalized spacial score (nSPS) is 11.5. The number of halogens is 2. The molecule has 0 aliphatic heterocycles. The third-order valence-electron chi connectivity index (χ3n) is 3.34. The lowest BCUT2D eigenvalue weighted by molar-refractivity contribution is 0.317. The predicted molar refractivity (Wildman–Crippen MR) is 102 cm³/mol. The first kappa shape index (κ1) is 17.5. The molecule has 0 atom stereocenters. The Morgan fingerprint density at radius 2 is 2.20 bits per heavy atom. The van der Waals surface area contributed by atoms with E-state index in [1.807, 2.05) is 13.0 Å². The fraction of sp³-hybridized carbons (Fsp3) is 0.118. The van der Waals surface area contributed by atoms with Crippen molar-refractivity contribution in [2.75, 3.05) is 6.61 Å². The van der Waals surface area contributed by atoms with Gasteiger partial charge in [0, 0.05) is 10.7 Å². The molecule has 6 nitrogen and oxygen atoms in total. The van der Waals surface area contributed by atoms with Crippen molar-refractivity contribution < 1.29 is 9.84 Å². The van der Waals surface area contributed by atoms with Gasteiger partial charge >= 0.3 is 0 Å². The second-order valence-electron chi connectivity index (χ2n) is 5.06. The minimum atomic E-state index is 0.0234. The number of rotatable bonds is 4. The molecule has 0 aliphatic carbocycles. The molecule has 2 aromatic heterocycles. The van der Waals surface area contributed by atoms with E-state index >= 15 is 0 Å². The average molecular weight is 464 g/mol. The Morgan fingerprint density at radius 1 is 1.40 bits per heavy atom. The zero-order chi connectivity index (χ0) is 18.0. The quantitative estimate of drug-likeness (QED) is 0.549. The monoisotopic (exact) mass is 462 g/mol. The third kappa shape index (κ3) is 3.67. The van der Waals surface area contributed by atoms with E-state index in [0.29, 0.717) is 39.4 Å². The van der Waals surface area contributed by atoms with Gasteiger partial charge in [-0.1, -0.05) is 0 Å². The molecular formula is C17H12Br2N4O2. The number of imidazole rings is 1. The van der Waals surface area contributed by atoms with Crippen LogP contribution in [0.4, 0.5) is 0 Å². The molecule has 0 bridgehead atoms. The zero-order valence-electron chi connectivity index (χ0n) is 13.0. The summed E-state index contributed by atoms with van der Waals surface area (Å²) < 4.78 is 6.71. The summed E-state index contributed by atoms with van der Waals surface area (Å²) in [4.78, 5) is 11.6. The fourth-order valence-corrected chi connectivity index (χ4v) is 3.06. The number of hydrogen-bond donors (Lipinski definition) is 2. The van der Waals surface area contributed by atoms with Crippen LogP contribution in [0.3, 0.4) is 0 Å². The number of hydrogen-bond acceptors (Lipinski definition) is 5. The van der Waals surface area contributed by atoms with Crippen LogP contribution in [-0.4, -0.2) is 26.7 Å². The lowest BCUT2D eigenvalue weighted by atomic mass is 10.1. The Kier molecular flexibility index (Phi) is 5.06. The second kappa shape index (κ2) is 7.25. The van der Waals surface area contributed by atoms with E-state index in [1.54, 1.807) is 24.4 Å². The molecule has 126 valence electrons. The number of aromatic hydroxyl groups is 1. The average Bonchev–Trinajstić information content (AvgIpc) is 3.00. The van der Waals surface area contributed by atoms with Gasteiger partial charge in [0.25, 0.3) is 0 Å². The number of benzene rings is 1. The van der Waals surface area contributed by atoms with Crippen LogP contribution in [0.15, 0.2) is 33.3 Å². The third-order valence-corrected chi connectivity index (χ3v) is 4.38. The number of pyridine rings is 1. The highest BCUT2D eigenvalue weighted by molar-refractivity contribution is 9.10. The molecule has 0 spiro atoms. The molecule has 0 amide bonds. The van der Waals surface area contributed by atoms with Gasteiger partial charge in [0.2, 0.25) is 0 Å². The summed E-state index contributed by atoms with van der Waals surface area (Å²) in [5, 5.41) is 19.5. The van der Waals surface area contributed by atoms with E-state index in [-0.39, 0.29) is 5.75 Å². The SMILES string of the molecule is CCOc1cc(C=C(C#N)c2nc3ncc(Br)cc3[nH]2)cc(Br)c1O. The van der Waals surface area contributed by atoms with Crippen molar-refractivity contribution in [3.8, 4) is 17.6 Å². The number of aromatic amines is 1. The Morgan fingerprint density at radius 3 is 2.92 bits per heavy atom. The van der Waals surface area contributed by atoms with Gasteiger partial charge in [-0.25, -0.2) is 9.97 Å². The molecule has 3 rings (SSSR count). The Bertz CT molecular complexity index is 1020. The van der Waals surface area contributed by atoms with Gasteiger partial charge in [0.1, 0.15) is 6.07 Å². The van der Waals surface area contributed by atoms with Crippen LogP contribution in [0.1, 0.15) is 18.3 Å². The summed E-state index contributed by atoms with van der Waals surface area (Å²) in [5.41, 5.74) is 2.29. The first-order valence-electron chi connectivity index (χ1n) is 7.30. The predicted octanol–water partition coefficient (Wildman–Crippen LogP) is 4.65. The summed E-state index contributed by atoms with van der Waals surface area (Å²) in [6.07, 6.45) is 3.31. The molecule has 1 aromatic carbocycles. The van der Waals surface area contributed by atoms with Crippen LogP contribution < -0.4 is 4.74 Å². The molecule has 0 aliphatic rings. The zero-order valence-corrected chi connectivity index (χ0v) is 16.2. The summed E-state index contributed by atoms with van der Waals surface area (Å²) in [6.45, 7) is 2.25. The number of nitrogens with one attached hydrogen (secondary N) is 1. The van der Waals surface area contributed by atoms with Crippen LogP contribution in [0.25, 0.3) is 22.8 Å². The number of phenolic OH excluding ortho intramolecular Hbond substituents is 1. The van der Waals surface area contributed by atoms with Crippen molar-refractivity contribution in [1.82, 2.24) is 15.0 Å². The number of allylic oxidation sites excluding steroid dienone is 1. The Labute approximate surface area is 160 Å². The van der Waals surface area contributed by atoms with Gasteiger partial charge in [0.15, 0.2) is 23.0 Å². The maximum Gasteiger partial charge on any atom is 0.178 e. The van der Waals surface area contributed by atoms with E-state index in [9.17, 15) is 10.4 Å². The first-order chi connectivity index (χ1) is 12.0. The number of nitrogens with zero attached hydrogens (tertiary/aromatic N) is 3. The van der Waals surface area contributed by atoms with Crippen molar-refractivity contribution >= 4 is 54.7 Å². The summed E-state index contributed by atoms with van der Waals surface area (Å²) in [5.74, 6) is 0.788. The fourth-order valence-electron chi connectivity index (χ4n) is 2.27. The number of ether oxygens (including phenoxy) is 1. The summed E-state index contributed by atoms with van der Waals surface area (Å²) >= 11 is 6.64. The van der Waals surface area contributed by atoms with Crippen LogP contribution >= 0.6 is 31.9 Å². The molecular weight excluding hydrogens is 452 g/mol. The van der Waals surface area contributed by atoms with Crippen LogP contribution in [-0.2, 0) is 0 Å². The standard InChI is InChI=1S/C17H12Br2N4O2/c1-2-25-14-5-9(4-12(19)15(14)24)3-10(7-20)16-22-13-6-11(18)8-21-17(13)23-16/h3-6,8,24H,2H2,1H3,(H,21,22,23). The maximum atomic E-state index is 9.99.